The van der Waals surface area contributed by atoms with Crippen molar-refractivity contribution in [3.63, 3.8) is 0 Å². The van der Waals surface area contributed by atoms with Crippen molar-refractivity contribution in [2.45, 2.75) is 39.0 Å². The van der Waals surface area contributed by atoms with Crippen LogP contribution in [-0.4, -0.2) is 5.78 Å². The van der Waals surface area contributed by atoms with Crippen LogP contribution in [-0.2, 0) is 4.79 Å². The number of hydrogen-bond acceptors (Lipinski definition) is 1. The summed E-state index contributed by atoms with van der Waals surface area (Å²) >= 11 is 0. The van der Waals surface area contributed by atoms with Crippen LogP contribution in [0.25, 0.3) is 0 Å². The van der Waals surface area contributed by atoms with Crippen molar-refractivity contribution in [1.82, 2.24) is 0 Å². The van der Waals surface area contributed by atoms with E-state index in [-0.39, 0.29) is 5.41 Å². The van der Waals surface area contributed by atoms with Gasteiger partial charge >= 0.3 is 0 Å². The first kappa shape index (κ1) is 8.03. The Bertz CT molecular complexity index is 241. The molecule has 1 nitrogen and oxygen atoms in total. The summed E-state index contributed by atoms with van der Waals surface area (Å²) in [6, 6.07) is 0. The van der Waals surface area contributed by atoms with Gasteiger partial charge in [-0.2, -0.15) is 0 Å². The number of carbonyl (C=O) groups excluding carboxylic acids is 1. The van der Waals surface area contributed by atoms with Crippen LogP contribution < -0.4 is 0 Å². The average Bonchev–Trinajstić information content (AvgIpc) is 2.53. The number of hydrogen-bond donors (Lipinski definition) is 0. The highest BCUT2D eigenvalue weighted by atomic mass is 16.1. The number of rotatable bonds is 0. The molecule has 0 heterocycles. The molecule has 12 heavy (non-hydrogen) atoms. The third-order valence-corrected chi connectivity index (χ3v) is 3.66. The molecule has 66 valence electrons. The Morgan fingerprint density at radius 3 is 2.67 bits per heavy atom. The van der Waals surface area contributed by atoms with Crippen molar-refractivity contribution in [2.75, 3.05) is 0 Å². The topological polar surface area (TPSA) is 17.1 Å². The maximum absolute atomic E-state index is 11.3. The molecule has 2 saturated carbocycles. The van der Waals surface area contributed by atoms with Gasteiger partial charge in [0, 0.05) is 6.42 Å². The number of allylic oxidation sites excluding steroid dienone is 1. The molecule has 0 aromatic rings. The Morgan fingerprint density at radius 1 is 1.50 bits per heavy atom. The molecule has 0 aromatic heterocycles. The zero-order valence-electron chi connectivity index (χ0n) is 7.73. The Labute approximate surface area is 73.8 Å². The lowest BCUT2D eigenvalue weighted by atomic mass is 9.80. The van der Waals surface area contributed by atoms with Crippen molar-refractivity contribution in [1.29, 1.82) is 0 Å². The van der Waals surface area contributed by atoms with Crippen LogP contribution in [0.5, 0.6) is 0 Å². The minimum absolute atomic E-state index is 0.247. The van der Waals surface area contributed by atoms with Gasteiger partial charge in [0.1, 0.15) is 0 Å². The molecule has 1 spiro atoms. The number of Topliss-reactive ketones (excluding diaryl/α,β-unsaturated/α-hetero) is 1. The second-order valence-corrected chi connectivity index (χ2v) is 4.53. The van der Waals surface area contributed by atoms with Crippen LogP contribution in [0.15, 0.2) is 12.2 Å². The van der Waals surface area contributed by atoms with Crippen LogP contribution in [0.3, 0.4) is 0 Å². The number of ketones is 1. The summed E-state index contributed by atoms with van der Waals surface area (Å²) < 4.78 is 0. The molecule has 0 amide bonds. The Hall–Kier alpha value is -0.590. The van der Waals surface area contributed by atoms with Crippen LogP contribution in [0, 0.1) is 11.3 Å². The van der Waals surface area contributed by atoms with Gasteiger partial charge in [-0.25, -0.2) is 0 Å². The fourth-order valence-electron chi connectivity index (χ4n) is 2.85. The summed E-state index contributed by atoms with van der Waals surface area (Å²) in [4.78, 5) is 11.3. The summed E-state index contributed by atoms with van der Waals surface area (Å²) in [6.07, 6.45) is 5.53. The highest BCUT2D eigenvalue weighted by Crippen LogP contribution is 2.53. The smallest absolute Gasteiger partial charge is 0.158 e. The van der Waals surface area contributed by atoms with E-state index in [4.69, 9.17) is 0 Å². The lowest BCUT2D eigenvalue weighted by molar-refractivity contribution is -0.114. The highest BCUT2D eigenvalue weighted by molar-refractivity contribution is 5.98. The first-order valence-corrected chi connectivity index (χ1v) is 4.87. The van der Waals surface area contributed by atoms with Gasteiger partial charge in [0.25, 0.3) is 0 Å². The normalized spacial score (nSPS) is 41.6. The number of carbonyl (C=O) groups is 1. The summed E-state index contributed by atoms with van der Waals surface area (Å²) in [5.41, 5.74) is 1.18. The Kier molecular flexibility index (Phi) is 1.64. The Morgan fingerprint density at radius 2 is 2.25 bits per heavy atom. The molecule has 0 bridgehead atoms. The zero-order valence-corrected chi connectivity index (χ0v) is 7.73. The van der Waals surface area contributed by atoms with Crippen LogP contribution >= 0.6 is 0 Å². The van der Waals surface area contributed by atoms with Crippen molar-refractivity contribution in [2.24, 2.45) is 11.3 Å². The Balaban J connectivity index is 2.23. The van der Waals surface area contributed by atoms with Crippen molar-refractivity contribution < 1.29 is 4.79 Å². The SMILES string of the molecule is C=C1C(=O)CCC12CCC(C)C2. The molecule has 0 N–H and O–H groups in total. The minimum Gasteiger partial charge on any atom is -0.295 e. The first-order chi connectivity index (χ1) is 5.64. The quantitative estimate of drug-likeness (QED) is 0.503. The van der Waals surface area contributed by atoms with Gasteiger partial charge in [-0.05, 0) is 42.6 Å². The maximum Gasteiger partial charge on any atom is 0.158 e. The van der Waals surface area contributed by atoms with Crippen molar-refractivity contribution >= 4 is 5.78 Å². The minimum atomic E-state index is 0.247. The summed E-state index contributed by atoms with van der Waals surface area (Å²) in [7, 11) is 0. The van der Waals surface area contributed by atoms with E-state index in [0.29, 0.717) is 5.78 Å². The van der Waals surface area contributed by atoms with E-state index in [0.717, 1.165) is 24.3 Å². The van der Waals surface area contributed by atoms with E-state index >= 15 is 0 Å². The van der Waals surface area contributed by atoms with E-state index in [2.05, 4.69) is 13.5 Å². The van der Waals surface area contributed by atoms with E-state index < -0.39 is 0 Å². The van der Waals surface area contributed by atoms with Gasteiger partial charge in [0.05, 0.1) is 0 Å². The molecule has 1 heteroatoms. The average molecular weight is 164 g/mol. The standard InChI is InChI=1S/C11H16O/c1-8-3-5-11(7-8)6-4-10(12)9(11)2/h8H,2-7H2,1H3. The molecule has 0 saturated heterocycles. The fourth-order valence-corrected chi connectivity index (χ4v) is 2.85. The van der Waals surface area contributed by atoms with Crippen LogP contribution in [0.1, 0.15) is 39.0 Å². The monoisotopic (exact) mass is 164 g/mol. The molecule has 0 aromatic carbocycles. The second-order valence-electron chi connectivity index (χ2n) is 4.53. The van der Waals surface area contributed by atoms with Gasteiger partial charge in [-0.1, -0.05) is 13.5 Å². The van der Waals surface area contributed by atoms with E-state index in [1.54, 1.807) is 0 Å². The van der Waals surface area contributed by atoms with Gasteiger partial charge in [0.15, 0.2) is 5.78 Å². The predicted octanol–water partition coefficient (Wildman–Crippen LogP) is 2.71. The highest BCUT2D eigenvalue weighted by Gasteiger charge is 2.45. The third-order valence-electron chi connectivity index (χ3n) is 3.66. The largest absolute Gasteiger partial charge is 0.295 e. The molecule has 0 aliphatic heterocycles. The zero-order chi connectivity index (χ0) is 8.77. The molecule has 2 unspecified atom stereocenters. The van der Waals surface area contributed by atoms with Gasteiger partial charge in [-0.15, -0.1) is 0 Å². The van der Waals surface area contributed by atoms with E-state index in [9.17, 15) is 4.79 Å². The summed E-state index contributed by atoms with van der Waals surface area (Å²) in [5.74, 6) is 1.12. The third kappa shape index (κ3) is 0.954. The van der Waals surface area contributed by atoms with Gasteiger partial charge < -0.3 is 0 Å². The van der Waals surface area contributed by atoms with Crippen molar-refractivity contribution in [3.05, 3.63) is 12.2 Å². The second kappa shape index (κ2) is 2.45. The molecule has 2 atom stereocenters. The van der Waals surface area contributed by atoms with Crippen LogP contribution in [0.4, 0.5) is 0 Å². The lowest BCUT2D eigenvalue weighted by Gasteiger charge is -2.23. The van der Waals surface area contributed by atoms with Gasteiger partial charge in [-0.3, -0.25) is 4.79 Å². The van der Waals surface area contributed by atoms with E-state index in [1.807, 2.05) is 0 Å². The van der Waals surface area contributed by atoms with E-state index in [1.165, 1.54) is 19.3 Å². The first-order valence-electron chi connectivity index (χ1n) is 4.87. The molecule has 2 fully saturated rings. The van der Waals surface area contributed by atoms with Crippen molar-refractivity contribution in [3.8, 4) is 0 Å². The summed E-state index contributed by atoms with van der Waals surface area (Å²) in [6.45, 7) is 6.24. The molecule has 2 aliphatic carbocycles. The fraction of sp³-hybridized carbons (Fsp3) is 0.727. The maximum atomic E-state index is 11.3. The van der Waals surface area contributed by atoms with Crippen LogP contribution in [0.2, 0.25) is 0 Å². The molecule has 0 radical (unpaired) electrons. The summed E-state index contributed by atoms with van der Waals surface area (Å²) in [5, 5.41) is 0. The van der Waals surface area contributed by atoms with Gasteiger partial charge in [0.2, 0.25) is 0 Å². The molecule has 2 aliphatic rings. The molecule has 2 rings (SSSR count). The predicted molar refractivity (Wildman–Crippen MR) is 48.8 cm³/mol. The molecular weight excluding hydrogens is 148 g/mol. The molecular formula is C11H16O. The lowest BCUT2D eigenvalue weighted by Crippen LogP contribution is -2.15.